The van der Waals surface area contributed by atoms with Crippen LogP contribution in [0.4, 0.5) is 0 Å². The number of carbonyl (C=O) groups excluding carboxylic acids is 1. The Morgan fingerprint density at radius 2 is 2.05 bits per heavy atom. The smallest absolute Gasteiger partial charge is 0.223 e. The molecule has 4 heteroatoms. The van der Waals surface area contributed by atoms with Gasteiger partial charge >= 0.3 is 0 Å². The van der Waals surface area contributed by atoms with Crippen LogP contribution in [0.15, 0.2) is 18.2 Å². The summed E-state index contributed by atoms with van der Waals surface area (Å²) in [7, 11) is 0. The van der Waals surface area contributed by atoms with Crippen molar-refractivity contribution in [1.82, 2.24) is 5.32 Å². The van der Waals surface area contributed by atoms with Gasteiger partial charge < -0.3 is 15.2 Å². The summed E-state index contributed by atoms with van der Waals surface area (Å²) in [5.74, 6) is 1.18. The molecule has 2 N–H and O–H groups in total. The zero-order valence-corrected chi connectivity index (χ0v) is 12.2. The number of carbonyl (C=O) groups is 1. The Morgan fingerprint density at radius 3 is 2.65 bits per heavy atom. The third-order valence-corrected chi connectivity index (χ3v) is 3.66. The molecule has 1 aromatic rings. The summed E-state index contributed by atoms with van der Waals surface area (Å²) < 4.78 is 5.68. The van der Waals surface area contributed by atoms with Gasteiger partial charge in [0.25, 0.3) is 0 Å². The number of nitrogens with one attached hydrogen (secondary N) is 1. The minimum absolute atomic E-state index is 0.0732. The second-order valence-electron chi connectivity index (χ2n) is 5.53. The molecule has 4 nitrogen and oxygen atoms in total. The van der Waals surface area contributed by atoms with E-state index in [2.05, 4.69) is 5.32 Å². The zero-order valence-electron chi connectivity index (χ0n) is 12.2. The van der Waals surface area contributed by atoms with Crippen LogP contribution >= 0.6 is 0 Å². The molecule has 1 amide bonds. The van der Waals surface area contributed by atoms with Crippen molar-refractivity contribution in [2.24, 2.45) is 5.92 Å². The first kappa shape index (κ1) is 14.9. The molecule has 0 spiro atoms. The normalized spacial score (nSPS) is 15.8. The minimum atomic E-state index is -0.390. The lowest BCUT2D eigenvalue weighted by molar-refractivity contribution is -0.122. The molecule has 0 aromatic heterocycles. The molecule has 1 fully saturated rings. The SMILES string of the molecule is Cc1cccc(C)c1OCCC(=O)NCC(O)C1CC1. The molecule has 1 aromatic carbocycles. The summed E-state index contributed by atoms with van der Waals surface area (Å²) in [4.78, 5) is 11.6. The van der Waals surface area contributed by atoms with Gasteiger partial charge in [0, 0.05) is 6.54 Å². The molecule has 20 heavy (non-hydrogen) atoms. The molecule has 1 aliphatic carbocycles. The van der Waals surface area contributed by atoms with E-state index in [-0.39, 0.29) is 5.91 Å². The fraction of sp³-hybridized carbons (Fsp3) is 0.562. The number of rotatable bonds is 7. The first-order valence-corrected chi connectivity index (χ1v) is 7.21. The molecule has 110 valence electrons. The number of aliphatic hydroxyl groups is 1. The van der Waals surface area contributed by atoms with Crippen molar-refractivity contribution < 1.29 is 14.6 Å². The van der Waals surface area contributed by atoms with Crippen molar-refractivity contribution in [2.75, 3.05) is 13.2 Å². The van der Waals surface area contributed by atoms with Crippen molar-refractivity contribution in [2.45, 2.75) is 39.2 Å². The average Bonchev–Trinajstić information content (AvgIpc) is 3.24. The second kappa shape index (κ2) is 6.75. The highest BCUT2D eigenvalue weighted by Gasteiger charge is 2.29. The Hall–Kier alpha value is -1.55. The fourth-order valence-corrected chi connectivity index (χ4v) is 2.23. The standard InChI is InChI=1S/C16H23NO3/c1-11-4-3-5-12(2)16(11)20-9-8-15(19)17-10-14(18)13-6-7-13/h3-5,13-14,18H,6-10H2,1-2H3,(H,17,19). The van der Waals surface area contributed by atoms with E-state index in [9.17, 15) is 9.90 Å². The Labute approximate surface area is 120 Å². The van der Waals surface area contributed by atoms with Crippen LogP contribution in [-0.4, -0.2) is 30.3 Å². The maximum Gasteiger partial charge on any atom is 0.223 e. The number of amides is 1. The van der Waals surface area contributed by atoms with Crippen LogP contribution in [0.3, 0.4) is 0 Å². The van der Waals surface area contributed by atoms with E-state index in [1.165, 1.54) is 0 Å². The highest BCUT2D eigenvalue weighted by Crippen LogP contribution is 2.32. The number of hydrogen-bond donors (Lipinski definition) is 2. The van der Waals surface area contributed by atoms with Crippen LogP contribution in [0.5, 0.6) is 5.75 Å². The molecule has 1 aliphatic rings. The Bertz CT molecular complexity index is 449. The van der Waals surface area contributed by atoms with Gasteiger partial charge in [-0.25, -0.2) is 0 Å². The lowest BCUT2D eigenvalue weighted by Gasteiger charge is -2.13. The first-order chi connectivity index (χ1) is 9.58. The summed E-state index contributed by atoms with van der Waals surface area (Å²) in [5, 5.41) is 12.4. The van der Waals surface area contributed by atoms with Gasteiger partial charge in [-0.3, -0.25) is 4.79 Å². The van der Waals surface area contributed by atoms with Gasteiger partial charge in [0.15, 0.2) is 0 Å². The van der Waals surface area contributed by atoms with Gasteiger partial charge in [0.05, 0.1) is 19.1 Å². The number of para-hydroxylation sites is 1. The fourth-order valence-electron chi connectivity index (χ4n) is 2.23. The van der Waals surface area contributed by atoms with E-state index < -0.39 is 6.10 Å². The molecular weight excluding hydrogens is 254 g/mol. The predicted molar refractivity (Wildman–Crippen MR) is 77.8 cm³/mol. The summed E-state index contributed by atoms with van der Waals surface area (Å²) in [5.41, 5.74) is 2.16. The summed E-state index contributed by atoms with van der Waals surface area (Å²) in [6.45, 7) is 4.70. The highest BCUT2D eigenvalue weighted by atomic mass is 16.5. The number of aryl methyl sites for hydroxylation is 2. The van der Waals surface area contributed by atoms with Crippen molar-refractivity contribution >= 4 is 5.91 Å². The maximum atomic E-state index is 11.6. The average molecular weight is 277 g/mol. The monoisotopic (exact) mass is 277 g/mol. The van der Waals surface area contributed by atoms with E-state index in [1.54, 1.807) is 0 Å². The van der Waals surface area contributed by atoms with Crippen molar-refractivity contribution in [3.63, 3.8) is 0 Å². The molecule has 1 saturated carbocycles. The van der Waals surface area contributed by atoms with Gasteiger partial charge in [-0.15, -0.1) is 0 Å². The third kappa shape index (κ3) is 4.23. The van der Waals surface area contributed by atoms with Crippen molar-refractivity contribution in [3.8, 4) is 5.75 Å². The van der Waals surface area contributed by atoms with Gasteiger partial charge in [0.1, 0.15) is 5.75 Å². The van der Waals surface area contributed by atoms with Crippen LogP contribution in [0.1, 0.15) is 30.4 Å². The Kier molecular flexibility index (Phi) is 5.01. The number of ether oxygens (including phenoxy) is 1. The highest BCUT2D eigenvalue weighted by molar-refractivity contribution is 5.76. The molecule has 2 rings (SSSR count). The minimum Gasteiger partial charge on any atom is -0.493 e. The Balaban J connectivity index is 1.68. The predicted octanol–water partition coefficient (Wildman–Crippen LogP) is 1.96. The van der Waals surface area contributed by atoms with Crippen LogP contribution in [-0.2, 0) is 4.79 Å². The van der Waals surface area contributed by atoms with Crippen LogP contribution in [0, 0.1) is 19.8 Å². The van der Waals surface area contributed by atoms with Crippen LogP contribution < -0.4 is 10.1 Å². The van der Waals surface area contributed by atoms with E-state index in [4.69, 9.17) is 4.74 Å². The molecule has 1 atom stereocenters. The van der Waals surface area contributed by atoms with Gasteiger partial charge in [-0.1, -0.05) is 18.2 Å². The lowest BCUT2D eigenvalue weighted by atomic mass is 10.1. The number of aliphatic hydroxyl groups excluding tert-OH is 1. The van der Waals surface area contributed by atoms with Gasteiger partial charge in [0.2, 0.25) is 5.91 Å². The summed E-state index contributed by atoms with van der Waals surface area (Å²) >= 11 is 0. The third-order valence-electron chi connectivity index (χ3n) is 3.66. The summed E-state index contributed by atoms with van der Waals surface area (Å²) in [6.07, 6.45) is 2.07. The largest absolute Gasteiger partial charge is 0.493 e. The van der Waals surface area contributed by atoms with E-state index in [1.807, 2.05) is 32.0 Å². The first-order valence-electron chi connectivity index (χ1n) is 7.21. The summed E-state index contributed by atoms with van der Waals surface area (Å²) in [6, 6.07) is 5.98. The van der Waals surface area contributed by atoms with Crippen LogP contribution in [0.25, 0.3) is 0 Å². The van der Waals surface area contributed by atoms with Crippen LogP contribution in [0.2, 0.25) is 0 Å². The van der Waals surface area contributed by atoms with E-state index in [0.29, 0.717) is 25.5 Å². The molecule has 0 heterocycles. The van der Waals surface area contributed by atoms with E-state index >= 15 is 0 Å². The zero-order chi connectivity index (χ0) is 14.5. The lowest BCUT2D eigenvalue weighted by Crippen LogP contribution is -2.33. The number of hydrogen-bond acceptors (Lipinski definition) is 3. The molecular formula is C16H23NO3. The Morgan fingerprint density at radius 1 is 1.40 bits per heavy atom. The molecule has 0 saturated heterocycles. The molecule has 1 unspecified atom stereocenters. The number of benzene rings is 1. The van der Waals surface area contributed by atoms with Crippen molar-refractivity contribution in [3.05, 3.63) is 29.3 Å². The second-order valence-corrected chi connectivity index (χ2v) is 5.53. The molecule has 0 aliphatic heterocycles. The van der Waals surface area contributed by atoms with Gasteiger partial charge in [-0.2, -0.15) is 0 Å². The van der Waals surface area contributed by atoms with Gasteiger partial charge in [-0.05, 0) is 43.7 Å². The topological polar surface area (TPSA) is 58.6 Å². The quantitative estimate of drug-likeness (QED) is 0.801. The van der Waals surface area contributed by atoms with E-state index in [0.717, 1.165) is 29.7 Å². The van der Waals surface area contributed by atoms with Crippen molar-refractivity contribution in [1.29, 1.82) is 0 Å². The molecule has 0 radical (unpaired) electrons. The maximum absolute atomic E-state index is 11.6. The molecule has 0 bridgehead atoms.